The van der Waals surface area contributed by atoms with Crippen LogP contribution in [-0.4, -0.2) is 25.5 Å². The van der Waals surface area contributed by atoms with E-state index in [1.165, 1.54) is 37.7 Å². The van der Waals surface area contributed by atoms with E-state index in [-0.39, 0.29) is 5.91 Å². The van der Waals surface area contributed by atoms with Crippen molar-refractivity contribution in [2.45, 2.75) is 45.4 Å². The number of rotatable bonds is 4. The topological polar surface area (TPSA) is 41.1 Å². The molecule has 2 rings (SSSR count). The van der Waals surface area contributed by atoms with Gasteiger partial charge in [0.25, 0.3) is 0 Å². The fraction of sp³-hybridized carbons (Fsp3) is 0.786. The maximum absolute atomic E-state index is 11.8. The van der Waals surface area contributed by atoms with Crippen LogP contribution in [0.3, 0.4) is 0 Å². The van der Waals surface area contributed by atoms with E-state index < -0.39 is 0 Å². The lowest BCUT2D eigenvalue weighted by Crippen LogP contribution is -2.38. The number of hydrogen-bond acceptors (Lipinski definition) is 2. The number of hydrogen-bond donors (Lipinski definition) is 2. The van der Waals surface area contributed by atoms with E-state index in [1.54, 1.807) is 0 Å². The first-order valence-electron chi connectivity index (χ1n) is 6.95. The Bertz CT molecular complexity index is 297. The SMILES string of the molecule is CC(C(=O)NCCC1CCCCC1)=C1CNC1. The number of carbonyl (C=O) groups excluding carboxylic acids is 1. The second kappa shape index (κ2) is 6.20. The Kier molecular flexibility index (Phi) is 4.60. The molecule has 0 radical (unpaired) electrons. The van der Waals surface area contributed by atoms with Crippen LogP contribution < -0.4 is 10.6 Å². The van der Waals surface area contributed by atoms with Gasteiger partial charge in [-0.05, 0) is 24.8 Å². The Labute approximate surface area is 104 Å². The lowest BCUT2D eigenvalue weighted by atomic mass is 9.87. The molecule has 1 aliphatic heterocycles. The molecular formula is C14H24N2O. The highest BCUT2D eigenvalue weighted by Crippen LogP contribution is 2.25. The molecule has 1 amide bonds. The third kappa shape index (κ3) is 3.56. The van der Waals surface area contributed by atoms with Gasteiger partial charge in [0.05, 0.1) is 0 Å². The van der Waals surface area contributed by atoms with Crippen molar-refractivity contribution in [2.24, 2.45) is 5.92 Å². The van der Waals surface area contributed by atoms with Crippen molar-refractivity contribution in [1.29, 1.82) is 0 Å². The highest BCUT2D eigenvalue weighted by molar-refractivity contribution is 5.93. The Morgan fingerprint density at radius 3 is 2.59 bits per heavy atom. The largest absolute Gasteiger partial charge is 0.352 e. The van der Waals surface area contributed by atoms with Crippen molar-refractivity contribution in [3.8, 4) is 0 Å². The van der Waals surface area contributed by atoms with Gasteiger partial charge in [-0.15, -0.1) is 0 Å². The van der Waals surface area contributed by atoms with Crippen molar-refractivity contribution in [1.82, 2.24) is 10.6 Å². The van der Waals surface area contributed by atoms with E-state index in [0.717, 1.165) is 37.5 Å². The Morgan fingerprint density at radius 2 is 2.00 bits per heavy atom. The first-order chi connectivity index (χ1) is 8.27. The Hall–Kier alpha value is -0.830. The minimum absolute atomic E-state index is 0.136. The average molecular weight is 236 g/mol. The predicted molar refractivity (Wildman–Crippen MR) is 69.8 cm³/mol. The lowest BCUT2D eigenvalue weighted by molar-refractivity contribution is -0.117. The van der Waals surface area contributed by atoms with Crippen molar-refractivity contribution in [2.75, 3.05) is 19.6 Å². The molecule has 1 saturated heterocycles. The van der Waals surface area contributed by atoms with Crippen LogP contribution in [-0.2, 0) is 4.79 Å². The fourth-order valence-electron chi connectivity index (χ4n) is 2.67. The molecule has 3 heteroatoms. The molecular weight excluding hydrogens is 212 g/mol. The second-order valence-electron chi connectivity index (χ2n) is 5.38. The molecule has 0 spiro atoms. The molecule has 0 aromatic rings. The van der Waals surface area contributed by atoms with Gasteiger partial charge in [-0.25, -0.2) is 0 Å². The zero-order chi connectivity index (χ0) is 12.1. The molecule has 17 heavy (non-hydrogen) atoms. The zero-order valence-corrected chi connectivity index (χ0v) is 10.8. The van der Waals surface area contributed by atoms with E-state index in [1.807, 2.05) is 6.92 Å². The zero-order valence-electron chi connectivity index (χ0n) is 10.8. The van der Waals surface area contributed by atoms with Crippen molar-refractivity contribution < 1.29 is 4.79 Å². The Morgan fingerprint density at radius 1 is 1.29 bits per heavy atom. The van der Waals surface area contributed by atoms with E-state index in [9.17, 15) is 4.79 Å². The molecule has 2 fully saturated rings. The maximum atomic E-state index is 11.8. The third-order valence-corrected chi connectivity index (χ3v) is 4.11. The molecule has 0 atom stereocenters. The number of amides is 1. The van der Waals surface area contributed by atoms with Gasteiger partial charge < -0.3 is 10.6 Å². The van der Waals surface area contributed by atoms with Gasteiger partial charge >= 0.3 is 0 Å². The van der Waals surface area contributed by atoms with Gasteiger partial charge in [0.1, 0.15) is 0 Å². The number of carbonyl (C=O) groups is 1. The molecule has 96 valence electrons. The smallest absolute Gasteiger partial charge is 0.246 e. The summed E-state index contributed by atoms with van der Waals surface area (Å²) in [6.45, 7) is 4.57. The molecule has 1 aliphatic carbocycles. The predicted octanol–water partition coefficient (Wildman–Crippen LogP) is 1.99. The molecule has 2 N–H and O–H groups in total. The van der Waals surface area contributed by atoms with Gasteiger partial charge in [0.2, 0.25) is 5.91 Å². The van der Waals surface area contributed by atoms with Crippen LogP contribution in [0, 0.1) is 5.92 Å². The van der Waals surface area contributed by atoms with E-state index >= 15 is 0 Å². The summed E-state index contributed by atoms with van der Waals surface area (Å²) in [7, 11) is 0. The first-order valence-corrected chi connectivity index (χ1v) is 6.95. The number of nitrogens with one attached hydrogen (secondary N) is 2. The van der Waals surface area contributed by atoms with Crippen molar-refractivity contribution >= 4 is 5.91 Å². The quantitative estimate of drug-likeness (QED) is 0.733. The molecule has 1 saturated carbocycles. The standard InChI is InChI=1S/C14H24N2O/c1-11(13-9-15-10-13)14(17)16-8-7-12-5-3-2-4-6-12/h12,15H,2-10H2,1H3,(H,16,17). The summed E-state index contributed by atoms with van der Waals surface area (Å²) in [5.74, 6) is 0.986. The van der Waals surface area contributed by atoms with E-state index in [0.29, 0.717) is 0 Å². The summed E-state index contributed by atoms with van der Waals surface area (Å²) < 4.78 is 0. The lowest BCUT2D eigenvalue weighted by Gasteiger charge is -2.23. The Balaban J connectivity index is 1.65. The first kappa shape index (κ1) is 12.6. The van der Waals surface area contributed by atoms with Crippen LogP contribution in [0.25, 0.3) is 0 Å². The highest BCUT2D eigenvalue weighted by atomic mass is 16.1. The average Bonchev–Trinajstić information content (AvgIpc) is 2.28. The second-order valence-corrected chi connectivity index (χ2v) is 5.38. The molecule has 0 bridgehead atoms. The summed E-state index contributed by atoms with van der Waals surface area (Å²) in [6, 6.07) is 0. The van der Waals surface area contributed by atoms with Gasteiger partial charge in [0, 0.05) is 25.2 Å². The van der Waals surface area contributed by atoms with Gasteiger partial charge in [-0.1, -0.05) is 32.1 Å². The molecule has 3 nitrogen and oxygen atoms in total. The van der Waals surface area contributed by atoms with Crippen molar-refractivity contribution in [3.63, 3.8) is 0 Å². The molecule has 0 unspecified atom stereocenters. The minimum atomic E-state index is 0.136. The minimum Gasteiger partial charge on any atom is -0.352 e. The van der Waals surface area contributed by atoms with Gasteiger partial charge in [0.15, 0.2) is 0 Å². The van der Waals surface area contributed by atoms with Gasteiger partial charge in [-0.3, -0.25) is 4.79 Å². The molecule has 1 heterocycles. The normalized spacial score (nSPS) is 20.9. The summed E-state index contributed by atoms with van der Waals surface area (Å²) in [6.07, 6.45) is 8.05. The molecule has 0 aromatic carbocycles. The summed E-state index contributed by atoms with van der Waals surface area (Å²) in [5, 5.41) is 6.22. The monoisotopic (exact) mass is 236 g/mol. The molecule has 2 aliphatic rings. The van der Waals surface area contributed by atoms with Gasteiger partial charge in [-0.2, -0.15) is 0 Å². The maximum Gasteiger partial charge on any atom is 0.246 e. The van der Waals surface area contributed by atoms with Crippen LogP contribution in [0.15, 0.2) is 11.1 Å². The van der Waals surface area contributed by atoms with Crippen LogP contribution in [0.2, 0.25) is 0 Å². The van der Waals surface area contributed by atoms with Crippen LogP contribution >= 0.6 is 0 Å². The summed E-state index contributed by atoms with van der Waals surface area (Å²) >= 11 is 0. The fourth-order valence-corrected chi connectivity index (χ4v) is 2.67. The van der Waals surface area contributed by atoms with Crippen LogP contribution in [0.1, 0.15) is 45.4 Å². The van der Waals surface area contributed by atoms with E-state index in [2.05, 4.69) is 10.6 Å². The summed E-state index contributed by atoms with van der Waals surface area (Å²) in [4.78, 5) is 11.8. The highest BCUT2D eigenvalue weighted by Gasteiger charge is 2.17. The third-order valence-electron chi connectivity index (χ3n) is 4.11. The van der Waals surface area contributed by atoms with Crippen LogP contribution in [0.5, 0.6) is 0 Å². The van der Waals surface area contributed by atoms with Crippen LogP contribution in [0.4, 0.5) is 0 Å². The summed E-state index contributed by atoms with van der Waals surface area (Å²) in [5.41, 5.74) is 2.19. The van der Waals surface area contributed by atoms with E-state index in [4.69, 9.17) is 0 Å². The molecule has 0 aromatic heterocycles. The van der Waals surface area contributed by atoms with Crippen molar-refractivity contribution in [3.05, 3.63) is 11.1 Å².